The summed E-state index contributed by atoms with van der Waals surface area (Å²) in [6.07, 6.45) is 5.70. The fourth-order valence-electron chi connectivity index (χ4n) is 5.80. The van der Waals surface area contributed by atoms with Crippen LogP contribution < -0.4 is 4.40 Å². The molecule has 0 aliphatic heterocycles. The van der Waals surface area contributed by atoms with Crippen LogP contribution in [0.25, 0.3) is 44.5 Å². The zero-order valence-corrected chi connectivity index (χ0v) is 33.0. The predicted molar refractivity (Wildman–Crippen MR) is 194 cm³/mol. The summed E-state index contributed by atoms with van der Waals surface area (Å²) >= 11 is -2.08. The van der Waals surface area contributed by atoms with Gasteiger partial charge in [-0.1, -0.05) is 61.5 Å². The minimum absolute atomic E-state index is 0. The molecule has 0 spiro atoms. The van der Waals surface area contributed by atoms with E-state index in [1.165, 1.54) is 21.6 Å². The molecule has 3 aromatic carbocycles. The van der Waals surface area contributed by atoms with Gasteiger partial charge in [0.25, 0.3) is 0 Å². The van der Waals surface area contributed by atoms with Crippen LogP contribution in [0.1, 0.15) is 55.4 Å². The quantitative estimate of drug-likeness (QED) is 0.124. The second kappa shape index (κ2) is 15.0. The summed E-state index contributed by atoms with van der Waals surface area (Å²) < 4.78 is 44.1. The average molecular weight is 869 g/mol. The molecule has 3 aromatic heterocycles. The van der Waals surface area contributed by atoms with Gasteiger partial charge in [0.05, 0.1) is 5.58 Å². The molecular formula is C41H45FGeIrN2O-2. The maximum atomic E-state index is 14.5. The fraction of sp³-hybridized carbons (Fsp3) is 0.317. The number of para-hydroxylation sites is 1. The number of rotatable bonds is 6. The van der Waals surface area contributed by atoms with Crippen molar-refractivity contribution in [3.63, 3.8) is 0 Å². The molecule has 0 atom stereocenters. The van der Waals surface area contributed by atoms with E-state index in [1.807, 2.05) is 42.7 Å². The summed E-state index contributed by atoms with van der Waals surface area (Å²) in [5.41, 5.74) is 7.06. The van der Waals surface area contributed by atoms with Crippen LogP contribution >= 0.6 is 0 Å². The van der Waals surface area contributed by atoms with Crippen LogP contribution in [0.15, 0.2) is 83.5 Å². The average Bonchev–Trinajstić information content (AvgIpc) is 3.38. The smallest absolute Gasteiger partial charge is 0 e. The zero-order valence-electron chi connectivity index (χ0n) is 31.5. The number of aryl methyl sites for hydroxylation is 1. The molecule has 0 fully saturated rings. The van der Waals surface area contributed by atoms with E-state index in [0.29, 0.717) is 11.6 Å². The molecule has 0 N–H and O–H groups in total. The van der Waals surface area contributed by atoms with Crippen LogP contribution in [0.2, 0.25) is 17.3 Å². The Morgan fingerprint density at radius 2 is 1.68 bits per heavy atom. The Balaban J connectivity index is 0.000000220. The standard InChI is InChI=1S/C22H20NO.C19H25FGeN.Ir/c1-22(2,3)14-15-11-12-23-19(13-15)18-9-6-8-17-16-7-4-5-10-20(16)24-21(17)18;1-13(2)9-15-11-19(22-12-18(15)21(4,5)6)16-8-7-14(3)10-17(16)20;/h4-8,10-13H,14H2,1-3H3;7,10-13H,9H2,1-6H3;/q2*-1;/i;3D3;. The van der Waals surface area contributed by atoms with Gasteiger partial charge in [0.15, 0.2) is 0 Å². The SMILES string of the molecule is CC(C)(C)Cc1ccnc(-c2[c-]ccc3c2oc2ccccc23)c1.[2H]C([2H])([2H])c1c[c-]c(-c2cc(CC(C)C)[c]([Ge]([CH3])([CH3])[CH3])cn2)c(F)c1.[Ir]. The zero-order chi connectivity index (χ0) is 35.7. The first kappa shape index (κ1) is 32.4. The topological polar surface area (TPSA) is 38.9 Å². The van der Waals surface area contributed by atoms with Gasteiger partial charge in [-0.25, -0.2) is 0 Å². The summed E-state index contributed by atoms with van der Waals surface area (Å²) in [7, 11) is 0. The first-order valence-corrected chi connectivity index (χ1v) is 23.2. The molecule has 3 nitrogen and oxygen atoms in total. The normalized spacial score (nSPS) is 13.0. The van der Waals surface area contributed by atoms with Gasteiger partial charge in [-0.2, -0.15) is 0 Å². The summed E-state index contributed by atoms with van der Waals surface area (Å²) in [6.45, 7) is 8.74. The van der Waals surface area contributed by atoms with Crippen molar-refractivity contribution in [1.29, 1.82) is 0 Å². The molecule has 0 unspecified atom stereocenters. The summed E-state index contributed by atoms with van der Waals surface area (Å²) in [4.78, 5) is 9.04. The van der Waals surface area contributed by atoms with Crippen LogP contribution in [0, 0.1) is 36.1 Å². The molecule has 0 saturated carbocycles. The molecule has 247 valence electrons. The predicted octanol–water partition coefficient (Wildman–Crippen LogP) is 10.8. The van der Waals surface area contributed by atoms with Crippen molar-refractivity contribution in [3.8, 4) is 22.5 Å². The Morgan fingerprint density at radius 1 is 0.936 bits per heavy atom. The van der Waals surface area contributed by atoms with E-state index in [1.54, 1.807) is 0 Å². The second-order valence-corrected chi connectivity index (χ2v) is 25.2. The van der Waals surface area contributed by atoms with Gasteiger partial charge in [0, 0.05) is 31.7 Å². The molecule has 6 heteroatoms. The van der Waals surface area contributed by atoms with Crippen LogP contribution in [0.5, 0.6) is 0 Å². The Bertz CT molecular complexity index is 2100. The Kier molecular flexibility index (Phi) is 10.3. The van der Waals surface area contributed by atoms with Gasteiger partial charge >= 0.3 is 140 Å². The van der Waals surface area contributed by atoms with Crippen molar-refractivity contribution >= 4 is 39.6 Å². The molecule has 3 heterocycles. The molecule has 47 heavy (non-hydrogen) atoms. The van der Waals surface area contributed by atoms with Crippen molar-refractivity contribution in [2.75, 3.05) is 0 Å². The van der Waals surface area contributed by atoms with E-state index in [4.69, 9.17) is 8.53 Å². The van der Waals surface area contributed by atoms with E-state index >= 15 is 0 Å². The first-order valence-electron chi connectivity index (χ1n) is 17.4. The van der Waals surface area contributed by atoms with Crippen LogP contribution in [-0.4, -0.2) is 23.2 Å². The number of fused-ring (bicyclic) bond motifs is 3. The third-order valence-electron chi connectivity index (χ3n) is 7.73. The molecule has 6 rings (SSSR count). The van der Waals surface area contributed by atoms with E-state index < -0.39 is 25.9 Å². The summed E-state index contributed by atoms with van der Waals surface area (Å²) in [6, 6.07) is 26.9. The minimum atomic E-state index is -2.34. The Hall–Kier alpha value is -3.12. The number of aromatic nitrogens is 2. The maximum absolute atomic E-state index is 14.5. The number of hydrogen-bond acceptors (Lipinski definition) is 3. The number of benzene rings is 3. The van der Waals surface area contributed by atoms with Crippen molar-refractivity contribution in [3.05, 3.63) is 114 Å². The molecule has 6 aromatic rings. The molecule has 0 saturated heterocycles. The molecule has 0 bridgehead atoms. The van der Waals surface area contributed by atoms with Crippen LogP contribution in [-0.2, 0) is 32.9 Å². The van der Waals surface area contributed by atoms with Crippen molar-refractivity contribution in [1.82, 2.24) is 9.97 Å². The van der Waals surface area contributed by atoms with Crippen molar-refractivity contribution in [2.45, 2.75) is 71.6 Å². The van der Waals surface area contributed by atoms with Gasteiger partial charge in [-0.3, -0.25) is 0 Å². The number of pyridine rings is 2. The number of hydrogen-bond donors (Lipinski definition) is 0. The summed E-state index contributed by atoms with van der Waals surface area (Å²) in [5, 5.41) is 2.25. The first-order chi connectivity index (χ1) is 22.9. The maximum Gasteiger partial charge on any atom is 0 e. The van der Waals surface area contributed by atoms with Gasteiger partial charge in [0.1, 0.15) is 5.58 Å². The van der Waals surface area contributed by atoms with Crippen LogP contribution in [0.4, 0.5) is 4.39 Å². The van der Waals surface area contributed by atoms with E-state index in [2.05, 4.69) is 98.3 Å². The molecule has 0 amide bonds. The fourth-order valence-corrected chi connectivity index (χ4v) is 9.13. The molecule has 0 aliphatic rings. The van der Waals surface area contributed by atoms with Gasteiger partial charge < -0.3 is 9.40 Å². The molecule has 1 radical (unpaired) electrons. The second-order valence-electron chi connectivity index (χ2n) is 14.7. The number of furan rings is 1. The van der Waals surface area contributed by atoms with Crippen molar-refractivity contribution in [2.24, 2.45) is 11.3 Å². The van der Waals surface area contributed by atoms with E-state index in [-0.39, 0.29) is 36.6 Å². The molecule has 0 aliphatic carbocycles. The third-order valence-corrected chi connectivity index (χ3v) is 12.1. The van der Waals surface area contributed by atoms with Crippen LogP contribution in [0.3, 0.4) is 0 Å². The monoisotopic (exact) mass is 870 g/mol. The van der Waals surface area contributed by atoms with Gasteiger partial charge in [0.2, 0.25) is 0 Å². The Labute approximate surface area is 300 Å². The van der Waals surface area contributed by atoms with E-state index in [9.17, 15) is 4.39 Å². The van der Waals surface area contributed by atoms with E-state index in [0.717, 1.165) is 52.1 Å². The molecular weight excluding hydrogens is 820 g/mol. The number of halogens is 1. The number of nitrogens with zero attached hydrogens (tertiary/aromatic N) is 2. The van der Waals surface area contributed by atoms with Gasteiger partial charge in [-0.05, 0) is 29.7 Å². The van der Waals surface area contributed by atoms with Gasteiger partial charge in [-0.15, -0.1) is 18.2 Å². The summed E-state index contributed by atoms with van der Waals surface area (Å²) in [5.74, 6) is 6.85. The Morgan fingerprint density at radius 3 is 2.36 bits per heavy atom. The minimum Gasteiger partial charge on any atom is 0 e. The third kappa shape index (κ3) is 9.07. The van der Waals surface area contributed by atoms with Crippen molar-refractivity contribution < 1.29 is 33.0 Å². The largest absolute Gasteiger partial charge is 0 e.